The van der Waals surface area contributed by atoms with Crippen LogP contribution in [0.5, 0.6) is 0 Å². The Morgan fingerprint density at radius 3 is 1.41 bits per heavy atom. The van der Waals surface area contributed by atoms with Crippen molar-refractivity contribution in [3.05, 3.63) is 0 Å². The predicted octanol–water partition coefficient (Wildman–Crippen LogP) is -0.238. The zero-order chi connectivity index (χ0) is 13.3. The Bertz CT molecular complexity index is 289. The van der Waals surface area contributed by atoms with Crippen LogP contribution < -0.4 is 10.6 Å². The van der Waals surface area contributed by atoms with E-state index in [-0.39, 0.29) is 19.4 Å². The number of amides is 4. The molecule has 0 spiro atoms. The number of likely N-dealkylation sites (N-methyl/N-ethyl adjacent to an activating group) is 1. The molecule has 0 unspecified atom stereocenters. The topological polar surface area (TPSA) is 95.6 Å². The quantitative estimate of drug-likeness (QED) is 0.625. The van der Waals surface area contributed by atoms with Gasteiger partial charge in [0.05, 0.1) is 0 Å². The van der Waals surface area contributed by atoms with Gasteiger partial charge in [-0.2, -0.15) is 0 Å². The normalized spacial score (nSPS) is 7.59. The van der Waals surface area contributed by atoms with Crippen molar-refractivity contribution < 1.29 is 19.2 Å². The van der Waals surface area contributed by atoms with Crippen LogP contribution in [0, 0.1) is 0 Å². The van der Waals surface area contributed by atoms with Crippen molar-refractivity contribution >= 4 is 23.6 Å². The molecule has 0 aliphatic rings. The molecule has 0 fully saturated rings. The van der Waals surface area contributed by atoms with Crippen molar-refractivity contribution in [3.63, 3.8) is 0 Å². The first-order chi connectivity index (χ1) is 7.27. The molecule has 0 saturated heterocycles. The summed E-state index contributed by atoms with van der Waals surface area (Å²) in [6.45, 7) is 2.55. The second-order valence-electron chi connectivity index (χ2n) is 2.77. The number of nitrogens with zero attached hydrogens (tertiary/aromatic N) is 1. The maximum atomic E-state index is 10.5. The van der Waals surface area contributed by atoms with Gasteiger partial charge in [0.1, 0.15) is 0 Å². The van der Waals surface area contributed by atoms with E-state index in [1.54, 1.807) is 0 Å². The average molecular weight is 247 g/mol. The van der Waals surface area contributed by atoms with Gasteiger partial charge in [-0.05, 0) is 0 Å². The number of Topliss-reactive ketones (excluding diaryl/α,β-unsaturated/α-hetero) is 1. The van der Waals surface area contributed by atoms with Crippen molar-refractivity contribution in [2.24, 2.45) is 0 Å². The molecule has 17 heavy (non-hydrogen) atoms. The van der Waals surface area contributed by atoms with Gasteiger partial charge in [-0.15, -0.1) is 0 Å². The van der Waals surface area contributed by atoms with Gasteiger partial charge in [0.25, 0.3) is 5.91 Å². The Balaban J connectivity index is -0.000000224. The Hall–Kier alpha value is -1.92. The van der Waals surface area contributed by atoms with Gasteiger partial charge in [-0.3, -0.25) is 19.3 Å². The van der Waals surface area contributed by atoms with E-state index in [1.165, 1.54) is 35.0 Å². The molecule has 0 saturated carbocycles. The van der Waals surface area contributed by atoms with E-state index in [9.17, 15) is 19.2 Å². The van der Waals surface area contributed by atoms with Crippen LogP contribution in [0.25, 0.3) is 0 Å². The smallest absolute Gasteiger partial charge is 0.323 e. The molecule has 0 radical (unpaired) electrons. The molecule has 7 heteroatoms. The maximum Gasteiger partial charge on any atom is 0.323 e. The number of hydrogen-bond donors (Lipinski definition) is 2. The standard InChI is InChI=1S/C5H10N2O2.C4H7NO2.CH4/c1-4(8)7(3)5(9)6-2;1-3(6)4(7)5-2;/h1-3H3,(H,6,9);1-2H3,(H,5,7);1H4. The van der Waals surface area contributed by atoms with Crippen LogP contribution in [-0.4, -0.2) is 49.7 Å². The van der Waals surface area contributed by atoms with Crippen molar-refractivity contribution in [2.75, 3.05) is 21.1 Å². The number of hydrogen-bond acceptors (Lipinski definition) is 4. The van der Waals surface area contributed by atoms with Gasteiger partial charge in [0.2, 0.25) is 11.7 Å². The van der Waals surface area contributed by atoms with Gasteiger partial charge >= 0.3 is 6.03 Å². The van der Waals surface area contributed by atoms with Crippen LogP contribution in [0.15, 0.2) is 0 Å². The Morgan fingerprint density at radius 2 is 1.35 bits per heavy atom. The van der Waals surface area contributed by atoms with E-state index in [0.29, 0.717) is 0 Å². The average Bonchev–Trinajstić information content (AvgIpc) is 2.26. The van der Waals surface area contributed by atoms with Crippen LogP contribution in [0.2, 0.25) is 0 Å². The zero-order valence-corrected chi connectivity index (χ0v) is 10.1. The van der Waals surface area contributed by atoms with Gasteiger partial charge < -0.3 is 10.6 Å². The molecule has 100 valence electrons. The Morgan fingerprint density at radius 1 is 0.941 bits per heavy atom. The first kappa shape index (κ1) is 20.5. The first-order valence-electron chi connectivity index (χ1n) is 4.46. The number of imide groups is 1. The summed E-state index contributed by atoms with van der Waals surface area (Å²) in [4.78, 5) is 42.0. The molecule has 0 atom stereocenters. The third-order valence-electron chi connectivity index (χ3n) is 1.54. The lowest BCUT2D eigenvalue weighted by molar-refractivity contribution is -0.136. The van der Waals surface area contributed by atoms with E-state index in [2.05, 4.69) is 10.6 Å². The molecule has 0 aliphatic carbocycles. The molecule has 0 heterocycles. The lowest BCUT2D eigenvalue weighted by Gasteiger charge is -2.10. The minimum Gasteiger partial charge on any atom is -0.353 e. The summed E-state index contributed by atoms with van der Waals surface area (Å²) in [7, 11) is 4.31. The molecule has 4 amide bonds. The summed E-state index contributed by atoms with van der Waals surface area (Å²) in [5.74, 6) is -1.27. The van der Waals surface area contributed by atoms with Crippen molar-refractivity contribution in [2.45, 2.75) is 21.3 Å². The molecule has 0 rings (SSSR count). The number of urea groups is 1. The molecule has 2 N–H and O–H groups in total. The third kappa shape index (κ3) is 10.4. The lowest BCUT2D eigenvalue weighted by atomic mass is 10.4. The van der Waals surface area contributed by atoms with Gasteiger partial charge in [0, 0.05) is 35.0 Å². The Kier molecular flexibility index (Phi) is 12.8. The zero-order valence-electron chi connectivity index (χ0n) is 10.1. The summed E-state index contributed by atoms with van der Waals surface area (Å²) in [6, 6.07) is -0.387. The minimum atomic E-state index is -0.542. The SMILES string of the molecule is C.CNC(=O)C(C)=O.CNC(=O)N(C)C(C)=O. The molecular weight excluding hydrogens is 226 g/mol. The molecule has 7 nitrogen and oxygen atoms in total. The number of carbonyl (C=O) groups excluding carboxylic acids is 4. The van der Waals surface area contributed by atoms with Crippen LogP contribution in [0.1, 0.15) is 21.3 Å². The number of carbonyl (C=O) groups is 4. The number of nitrogens with one attached hydrogen (secondary N) is 2. The maximum absolute atomic E-state index is 10.5. The second kappa shape index (κ2) is 10.6. The van der Waals surface area contributed by atoms with E-state index in [1.807, 2.05) is 0 Å². The predicted molar refractivity (Wildman–Crippen MR) is 64.4 cm³/mol. The van der Waals surface area contributed by atoms with Gasteiger partial charge in [-0.25, -0.2) is 4.79 Å². The Labute approximate surface area is 102 Å². The molecule has 0 aromatic carbocycles. The summed E-state index contributed by atoms with van der Waals surface area (Å²) >= 11 is 0. The second-order valence-corrected chi connectivity index (χ2v) is 2.77. The highest BCUT2D eigenvalue weighted by Crippen LogP contribution is 1.81. The highest BCUT2D eigenvalue weighted by atomic mass is 16.2. The minimum absolute atomic E-state index is 0. The van der Waals surface area contributed by atoms with E-state index >= 15 is 0 Å². The summed E-state index contributed by atoms with van der Waals surface area (Å²) in [6.07, 6.45) is 0. The fourth-order valence-electron chi connectivity index (χ4n) is 0.487. The molecule has 0 aromatic heterocycles. The molecule has 0 bridgehead atoms. The lowest BCUT2D eigenvalue weighted by Crippen LogP contribution is -2.37. The fraction of sp³-hybridized carbons (Fsp3) is 0.600. The van der Waals surface area contributed by atoms with Gasteiger partial charge in [-0.1, -0.05) is 7.43 Å². The van der Waals surface area contributed by atoms with E-state index < -0.39 is 11.7 Å². The molecule has 0 aliphatic heterocycles. The van der Waals surface area contributed by atoms with E-state index in [0.717, 1.165) is 4.90 Å². The first-order valence-corrected chi connectivity index (χ1v) is 4.46. The number of ketones is 1. The van der Waals surface area contributed by atoms with Crippen LogP contribution in [-0.2, 0) is 14.4 Å². The largest absolute Gasteiger partial charge is 0.353 e. The van der Waals surface area contributed by atoms with E-state index in [4.69, 9.17) is 0 Å². The van der Waals surface area contributed by atoms with Crippen molar-refractivity contribution in [1.82, 2.24) is 15.5 Å². The van der Waals surface area contributed by atoms with Gasteiger partial charge in [0.15, 0.2) is 0 Å². The summed E-state index contributed by atoms with van der Waals surface area (Å²) in [5.41, 5.74) is 0. The summed E-state index contributed by atoms with van der Waals surface area (Å²) in [5, 5.41) is 4.49. The van der Waals surface area contributed by atoms with Crippen molar-refractivity contribution in [1.29, 1.82) is 0 Å². The van der Waals surface area contributed by atoms with Crippen LogP contribution >= 0.6 is 0 Å². The van der Waals surface area contributed by atoms with Crippen LogP contribution in [0.4, 0.5) is 4.79 Å². The monoisotopic (exact) mass is 247 g/mol. The molecular formula is C10H21N3O4. The van der Waals surface area contributed by atoms with Crippen molar-refractivity contribution in [3.8, 4) is 0 Å². The fourth-order valence-corrected chi connectivity index (χ4v) is 0.487. The molecule has 0 aromatic rings. The highest BCUT2D eigenvalue weighted by molar-refractivity contribution is 6.35. The highest BCUT2D eigenvalue weighted by Gasteiger charge is 2.08. The van der Waals surface area contributed by atoms with Crippen LogP contribution in [0.3, 0.4) is 0 Å². The number of rotatable bonds is 1. The summed E-state index contributed by atoms with van der Waals surface area (Å²) < 4.78 is 0. The third-order valence-corrected chi connectivity index (χ3v) is 1.54.